The van der Waals surface area contributed by atoms with Gasteiger partial charge in [-0.15, -0.1) is 0 Å². The number of piperidine rings is 1. The van der Waals surface area contributed by atoms with Crippen LogP contribution in [0.25, 0.3) is 5.69 Å². The summed E-state index contributed by atoms with van der Waals surface area (Å²) in [6.45, 7) is 10.0. The molecule has 6 nitrogen and oxygen atoms in total. The van der Waals surface area contributed by atoms with Crippen LogP contribution in [0.15, 0.2) is 35.6 Å². The molecule has 0 atom stereocenters. The van der Waals surface area contributed by atoms with E-state index in [4.69, 9.17) is 0 Å². The Kier molecular flexibility index (Phi) is 6.90. The third-order valence-corrected chi connectivity index (χ3v) is 5.68. The van der Waals surface area contributed by atoms with Crippen LogP contribution >= 0.6 is 0 Å². The number of hydrogen-bond donors (Lipinski definition) is 2. The molecule has 1 fully saturated rings. The molecule has 0 saturated carbocycles. The lowest BCUT2D eigenvalue weighted by molar-refractivity contribution is 0.0982. The van der Waals surface area contributed by atoms with Crippen molar-refractivity contribution in [3.8, 4) is 5.69 Å². The summed E-state index contributed by atoms with van der Waals surface area (Å²) in [4.78, 5) is 11.0. The molecule has 2 N–H and O–H groups in total. The van der Waals surface area contributed by atoms with Crippen LogP contribution in [0.2, 0.25) is 0 Å². The highest BCUT2D eigenvalue weighted by atomic mass is 19.1. The van der Waals surface area contributed by atoms with Gasteiger partial charge in [0.2, 0.25) is 0 Å². The minimum Gasteiger partial charge on any atom is -0.355 e. The fourth-order valence-corrected chi connectivity index (χ4v) is 3.81. The van der Waals surface area contributed by atoms with Crippen molar-refractivity contribution < 1.29 is 4.39 Å². The van der Waals surface area contributed by atoms with Crippen molar-refractivity contribution in [1.29, 1.82) is 0 Å². The van der Waals surface area contributed by atoms with Crippen LogP contribution < -0.4 is 10.6 Å². The van der Waals surface area contributed by atoms with E-state index in [1.165, 1.54) is 19.3 Å². The maximum absolute atomic E-state index is 14.6. The number of imidazole rings is 1. The fraction of sp³-hybridized carbons (Fsp3) is 0.545. The minimum absolute atomic E-state index is 0.0639. The minimum atomic E-state index is -0.264. The Morgan fingerprint density at radius 3 is 2.59 bits per heavy atom. The first-order valence-electron chi connectivity index (χ1n) is 10.4. The molecule has 1 aliphatic rings. The smallest absolute Gasteiger partial charge is 0.191 e. The van der Waals surface area contributed by atoms with E-state index in [-0.39, 0.29) is 11.4 Å². The second-order valence-electron chi connectivity index (χ2n) is 8.27. The summed E-state index contributed by atoms with van der Waals surface area (Å²) in [6, 6.07) is 5.28. The van der Waals surface area contributed by atoms with Gasteiger partial charge in [0.05, 0.1) is 5.69 Å². The van der Waals surface area contributed by atoms with E-state index in [0.717, 1.165) is 37.0 Å². The van der Waals surface area contributed by atoms with Gasteiger partial charge in [-0.25, -0.2) is 9.37 Å². The zero-order valence-electron chi connectivity index (χ0n) is 18.0. The molecular weight excluding hydrogens is 367 g/mol. The molecule has 0 spiro atoms. The van der Waals surface area contributed by atoms with Crippen LogP contribution in [0.1, 0.15) is 44.5 Å². The van der Waals surface area contributed by atoms with Crippen molar-refractivity contribution in [2.24, 2.45) is 4.99 Å². The van der Waals surface area contributed by atoms with Gasteiger partial charge < -0.3 is 15.2 Å². The monoisotopic (exact) mass is 400 g/mol. The number of aryl methyl sites for hydroxylation is 1. The van der Waals surface area contributed by atoms with Gasteiger partial charge in [-0.3, -0.25) is 9.89 Å². The predicted octanol–water partition coefficient (Wildman–Crippen LogP) is 3.25. The maximum Gasteiger partial charge on any atom is 0.191 e. The maximum atomic E-state index is 14.6. The lowest BCUT2D eigenvalue weighted by atomic mass is 9.98. The molecule has 1 aromatic carbocycles. The van der Waals surface area contributed by atoms with E-state index in [9.17, 15) is 4.39 Å². The van der Waals surface area contributed by atoms with E-state index >= 15 is 0 Å². The van der Waals surface area contributed by atoms with Crippen molar-refractivity contribution in [2.75, 3.05) is 26.7 Å². The van der Waals surface area contributed by atoms with Crippen molar-refractivity contribution in [3.05, 3.63) is 47.8 Å². The average molecular weight is 401 g/mol. The quantitative estimate of drug-likeness (QED) is 0.577. The summed E-state index contributed by atoms with van der Waals surface area (Å²) < 4.78 is 16.3. The Hall–Kier alpha value is -2.41. The first kappa shape index (κ1) is 21.3. The molecule has 0 aliphatic carbocycles. The molecule has 2 aromatic rings. The standard InChI is InChI=1S/C22H33FN6/c1-17-25-10-13-29(17)20-9-8-18(14-19(20)23)15-26-21(24-4)27-16-22(2,3)28-11-6-5-7-12-28/h8-10,13-14H,5-7,11-12,15-16H2,1-4H3,(H2,24,26,27). The van der Waals surface area contributed by atoms with E-state index in [1.54, 1.807) is 36.1 Å². The Labute approximate surface area is 173 Å². The molecule has 0 bridgehead atoms. The average Bonchev–Trinajstić information content (AvgIpc) is 3.14. The van der Waals surface area contributed by atoms with Crippen molar-refractivity contribution in [2.45, 2.75) is 52.1 Å². The number of likely N-dealkylation sites (tertiary alicyclic amines) is 1. The Bertz CT molecular complexity index is 836. The molecule has 2 heterocycles. The topological polar surface area (TPSA) is 57.5 Å². The van der Waals surface area contributed by atoms with Crippen LogP contribution in [-0.2, 0) is 6.54 Å². The van der Waals surface area contributed by atoms with Crippen LogP contribution in [0, 0.1) is 12.7 Å². The van der Waals surface area contributed by atoms with Crippen LogP contribution in [0.4, 0.5) is 4.39 Å². The van der Waals surface area contributed by atoms with E-state index < -0.39 is 0 Å². The van der Waals surface area contributed by atoms with Gasteiger partial charge in [0.25, 0.3) is 0 Å². The van der Waals surface area contributed by atoms with Crippen molar-refractivity contribution in [1.82, 2.24) is 25.1 Å². The first-order valence-corrected chi connectivity index (χ1v) is 10.4. The Morgan fingerprint density at radius 2 is 1.97 bits per heavy atom. The number of halogens is 1. The summed E-state index contributed by atoms with van der Waals surface area (Å²) in [5.74, 6) is 1.22. The van der Waals surface area contributed by atoms with Gasteiger partial charge in [-0.05, 0) is 64.4 Å². The van der Waals surface area contributed by atoms with Crippen LogP contribution in [0.5, 0.6) is 0 Å². The second kappa shape index (κ2) is 9.39. The summed E-state index contributed by atoms with van der Waals surface area (Å²) >= 11 is 0. The van der Waals surface area contributed by atoms with Crippen LogP contribution in [0.3, 0.4) is 0 Å². The number of aromatic nitrogens is 2. The molecule has 29 heavy (non-hydrogen) atoms. The predicted molar refractivity (Wildman–Crippen MR) is 116 cm³/mol. The fourth-order valence-electron chi connectivity index (χ4n) is 3.81. The van der Waals surface area contributed by atoms with Gasteiger partial charge in [0.15, 0.2) is 5.96 Å². The zero-order valence-corrected chi connectivity index (χ0v) is 18.0. The van der Waals surface area contributed by atoms with Gasteiger partial charge in [-0.2, -0.15) is 0 Å². The number of hydrogen-bond acceptors (Lipinski definition) is 3. The van der Waals surface area contributed by atoms with Gasteiger partial charge in [-0.1, -0.05) is 12.5 Å². The highest BCUT2D eigenvalue weighted by Gasteiger charge is 2.27. The largest absolute Gasteiger partial charge is 0.355 e. The molecule has 1 aromatic heterocycles. The molecule has 7 heteroatoms. The number of aliphatic imine (C=N–C) groups is 1. The van der Waals surface area contributed by atoms with Crippen molar-refractivity contribution >= 4 is 5.96 Å². The normalized spacial score (nSPS) is 16.1. The number of benzene rings is 1. The SMILES string of the molecule is CN=C(NCc1ccc(-n2ccnc2C)c(F)c1)NCC(C)(C)N1CCCCC1. The Morgan fingerprint density at radius 1 is 1.21 bits per heavy atom. The first-order chi connectivity index (χ1) is 13.9. The number of rotatable bonds is 6. The Balaban J connectivity index is 1.55. The summed E-state index contributed by atoms with van der Waals surface area (Å²) in [5, 5.41) is 6.71. The summed E-state index contributed by atoms with van der Waals surface area (Å²) in [7, 11) is 1.76. The lowest BCUT2D eigenvalue weighted by Crippen LogP contribution is -2.54. The van der Waals surface area contributed by atoms with Crippen LogP contribution in [-0.4, -0.2) is 52.6 Å². The molecule has 0 amide bonds. The van der Waals surface area contributed by atoms with Gasteiger partial charge in [0, 0.05) is 38.1 Å². The molecule has 1 saturated heterocycles. The highest BCUT2D eigenvalue weighted by Crippen LogP contribution is 2.20. The molecule has 1 aliphatic heterocycles. The summed E-state index contributed by atoms with van der Waals surface area (Å²) in [5.41, 5.74) is 1.44. The van der Waals surface area contributed by atoms with Gasteiger partial charge in [0.1, 0.15) is 11.6 Å². The number of nitrogens with one attached hydrogen (secondary N) is 2. The molecular formula is C22H33FN6. The van der Waals surface area contributed by atoms with E-state index in [1.807, 2.05) is 13.0 Å². The summed E-state index contributed by atoms with van der Waals surface area (Å²) in [6.07, 6.45) is 7.32. The van der Waals surface area contributed by atoms with Gasteiger partial charge >= 0.3 is 0 Å². The highest BCUT2D eigenvalue weighted by molar-refractivity contribution is 5.79. The third-order valence-electron chi connectivity index (χ3n) is 5.68. The molecule has 3 rings (SSSR count). The number of nitrogens with zero attached hydrogens (tertiary/aromatic N) is 4. The van der Waals surface area contributed by atoms with E-state index in [0.29, 0.717) is 12.2 Å². The third kappa shape index (κ3) is 5.35. The second-order valence-corrected chi connectivity index (χ2v) is 8.27. The zero-order chi connectivity index (χ0) is 20.9. The van der Waals surface area contributed by atoms with E-state index in [2.05, 4.69) is 39.4 Å². The molecule has 0 radical (unpaired) electrons. The molecule has 0 unspecified atom stereocenters. The lowest BCUT2D eigenvalue weighted by Gasteiger charge is -2.41. The molecule has 158 valence electrons. The van der Waals surface area contributed by atoms with Crippen molar-refractivity contribution in [3.63, 3.8) is 0 Å². The number of guanidine groups is 1.